The highest BCUT2D eigenvalue weighted by Crippen LogP contribution is 2.11. The number of hydrogen-bond donors (Lipinski definition) is 0. The zero-order chi connectivity index (χ0) is 13.8. The van der Waals surface area contributed by atoms with Gasteiger partial charge in [0.05, 0.1) is 13.7 Å². The van der Waals surface area contributed by atoms with Gasteiger partial charge in [-0.1, -0.05) is 28.1 Å². The maximum Gasteiger partial charge on any atom is 0.293 e. The van der Waals surface area contributed by atoms with E-state index in [2.05, 4.69) is 15.9 Å². The van der Waals surface area contributed by atoms with Crippen LogP contribution < -0.4 is 10.3 Å². The molecule has 0 amide bonds. The van der Waals surface area contributed by atoms with Crippen LogP contribution in [0.5, 0.6) is 5.75 Å². The third-order valence-corrected chi connectivity index (χ3v) is 3.21. The Hall–Kier alpha value is -1.88. The maximum atomic E-state index is 12.1. The summed E-state index contributed by atoms with van der Waals surface area (Å²) >= 11 is 3.31. The lowest BCUT2D eigenvalue weighted by Crippen LogP contribution is -2.24. The molecule has 0 spiro atoms. The number of ether oxygens (including phenoxy) is 1. The lowest BCUT2D eigenvalue weighted by atomic mass is 10.1. The van der Waals surface area contributed by atoms with Crippen LogP contribution in [-0.2, 0) is 6.54 Å². The minimum absolute atomic E-state index is 0.00232. The lowest BCUT2D eigenvalue weighted by molar-refractivity contribution is 0.0970. The van der Waals surface area contributed by atoms with Crippen molar-refractivity contribution in [1.29, 1.82) is 0 Å². The van der Waals surface area contributed by atoms with Crippen molar-refractivity contribution in [2.24, 2.45) is 0 Å². The van der Waals surface area contributed by atoms with E-state index in [9.17, 15) is 9.59 Å². The largest absolute Gasteiger partial charge is 0.491 e. The van der Waals surface area contributed by atoms with E-state index in [4.69, 9.17) is 4.74 Å². The fourth-order valence-electron chi connectivity index (χ4n) is 1.68. The summed E-state index contributed by atoms with van der Waals surface area (Å²) < 4.78 is 7.18. The third kappa shape index (κ3) is 3.12. The van der Waals surface area contributed by atoms with E-state index in [0.717, 1.165) is 4.47 Å². The number of aromatic nitrogens is 1. The van der Waals surface area contributed by atoms with Crippen molar-refractivity contribution in [2.45, 2.75) is 6.54 Å². The van der Waals surface area contributed by atoms with Crippen molar-refractivity contribution in [3.8, 4) is 5.75 Å². The molecule has 1 aromatic carbocycles. The van der Waals surface area contributed by atoms with Crippen LogP contribution in [0.4, 0.5) is 0 Å². The highest BCUT2D eigenvalue weighted by Gasteiger charge is 2.09. The first-order valence-electron chi connectivity index (χ1n) is 5.64. The summed E-state index contributed by atoms with van der Waals surface area (Å²) in [6, 6.07) is 10.3. The highest BCUT2D eigenvalue weighted by molar-refractivity contribution is 9.10. The Kier molecular flexibility index (Phi) is 4.16. The minimum atomic E-state index is -0.310. The number of methoxy groups -OCH3 is 1. The molecule has 0 atom stereocenters. The third-order valence-electron chi connectivity index (χ3n) is 2.69. The van der Waals surface area contributed by atoms with Gasteiger partial charge in [-0.25, -0.2) is 0 Å². The summed E-state index contributed by atoms with van der Waals surface area (Å²) in [5.41, 5.74) is 0.258. The van der Waals surface area contributed by atoms with E-state index in [1.165, 1.54) is 11.7 Å². The first-order valence-corrected chi connectivity index (χ1v) is 6.43. The second-order valence-electron chi connectivity index (χ2n) is 3.94. The molecule has 0 radical (unpaired) electrons. The Balaban J connectivity index is 2.24. The van der Waals surface area contributed by atoms with Gasteiger partial charge >= 0.3 is 0 Å². The van der Waals surface area contributed by atoms with Gasteiger partial charge in [-0.3, -0.25) is 9.59 Å². The molecule has 0 bridgehead atoms. The van der Waals surface area contributed by atoms with Gasteiger partial charge in [0, 0.05) is 16.2 Å². The number of benzene rings is 1. The number of hydrogen-bond acceptors (Lipinski definition) is 3. The van der Waals surface area contributed by atoms with Crippen molar-refractivity contribution in [2.75, 3.05) is 7.11 Å². The van der Waals surface area contributed by atoms with Crippen LogP contribution in [0.3, 0.4) is 0 Å². The molecule has 0 aliphatic rings. The SMILES string of the molecule is COc1cccn(CC(=O)c2ccc(Br)cc2)c1=O. The van der Waals surface area contributed by atoms with Gasteiger partial charge in [-0.15, -0.1) is 0 Å². The number of rotatable bonds is 4. The second kappa shape index (κ2) is 5.84. The molecule has 1 aromatic heterocycles. The van der Waals surface area contributed by atoms with Crippen molar-refractivity contribution in [1.82, 2.24) is 4.57 Å². The van der Waals surface area contributed by atoms with E-state index >= 15 is 0 Å². The quantitative estimate of drug-likeness (QED) is 0.813. The Morgan fingerprint density at radius 1 is 1.26 bits per heavy atom. The summed E-state index contributed by atoms with van der Waals surface area (Å²) in [5, 5.41) is 0. The Morgan fingerprint density at radius 2 is 1.95 bits per heavy atom. The summed E-state index contributed by atoms with van der Waals surface area (Å²) in [7, 11) is 1.43. The number of pyridine rings is 1. The van der Waals surface area contributed by atoms with E-state index < -0.39 is 0 Å². The number of ketones is 1. The molecule has 2 rings (SSSR count). The molecule has 0 saturated heterocycles. The molecule has 0 aliphatic heterocycles. The van der Waals surface area contributed by atoms with E-state index in [1.54, 1.807) is 42.6 Å². The first kappa shape index (κ1) is 13.5. The molecule has 4 nitrogen and oxygen atoms in total. The average Bonchev–Trinajstić information content (AvgIpc) is 2.42. The second-order valence-corrected chi connectivity index (χ2v) is 4.86. The van der Waals surface area contributed by atoms with E-state index in [1.807, 2.05) is 0 Å². The highest BCUT2D eigenvalue weighted by atomic mass is 79.9. The first-order chi connectivity index (χ1) is 9.11. The fourth-order valence-corrected chi connectivity index (χ4v) is 1.94. The summed E-state index contributed by atoms with van der Waals surface area (Å²) in [6.45, 7) is -0.00232. The van der Waals surface area contributed by atoms with Gasteiger partial charge in [0.15, 0.2) is 11.5 Å². The Morgan fingerprint density at radius 3 is 2.58 bits per heavy atom. The summed E-state index contributed by atoms with van der Waals surface area (Å²) in [5.74, 6) is 0.106. The smallest absolute Gasteiger partial charge is 0.293 e. The van der Waals surface area contributed by atoms with E-state index in [0.29, 0.717) is 5.56 Å². The molecule has 1 heterocycles. The zero-order valence-electron chi connectivity index (χ0n) is 10.3. The minimum Gasteiger partial charge on any atom is -0.491 e. The monoisotopic (exact) mass is 321 g/mol. The molecular formula is C14H12BrNO3. The Bertz CT molecular complexity index is 646. The van der Waals surface area contributed by atoms with Crippen LogP contribution in [0.1, 0.15) is 10.4 Å². The fraction of sp³-hybridized carbons (Fsp3) is 0.143. The van der Waals surface area contributed by atoms with E-state index in [-0.39, 0.29) is 23.6 Å². The molecule has 0 fully saturated rings. The number of carbonyl (C=O) groups excluding carboxylic acids is 1. The van der Waals surface area contributed by atoms with Crippen LogP contribution in [0, 0.1) is 0 Å². The molecule has 0 saturated carbocycles. The number of Topliss-reactive ketones (excluding diaryl/α,β-unsaturated/α-hetero) is 1. The molecule has 19 heavy (non-hydrogen) atoms. The predicted molar refractivity (Wildman–Crippen MR) is 75.7 cm³/mol. The van der Waals surface area contributed by atoms with Crippen molar-refractivity contribution in [3.63, 3.8) is 0 Å². The maximum absolute atomic E-state index is 12.1. The van der Waals surface area contributed by atoms with Gasteiger partial charge in [0.2, 0.25) is 0 Å². The predicted octanol–water partition coefficient (Wildman–Crippen LogP) is 2.50. The molecule has 0 aliphatic carbocycles. The average molecular weight is 322 g/mol. The zero-order valence-corrected chi connectivity index (χ0v) is 11.9. The number of nitrogens with zero attached hydrogens (tertiary/aromatic N) is 1. The molecule has 98 valence electrons. The normalized spacial score (nSPS) is 10.2. The number of carbonyl (C=O) groups is 1. The molecular weight excluding hydrogens is 310 g/mol. The molecule has 2 aromatic rings. The number of halogens is 1. The van der Waals surface area contributed by atoms with Crippen molar-refractivity contribution in [3.05, 3.63) is 63.0 Å². The summed E-state index contributed by atoms with van der Waals surface area (Å²) in [4.78, 5) is 24.0. The van der Waals surface area contributed by atoms with Gasteiger partial charge in [-0.2, -0.15) is 0 Å². The Labute approximate surface area is 118 Å². The van der Waals surface area contributed by atoms with Crippen LogP contribution in [0.15, 0.2) is 51.9 Å². The lowest BCUT2D eigenvalue weighted by Gasteiger charge is -2.07. The van der Waals surface area contributed by atoms with Crippen LogP contribution in [0.25, 0.3) is 0 Å². The van der Waals surface area contributed by atoms with Crippen molar-refractivity contribution >= 4 is 21.7 Å². The van der Waals surface area contributed by atoms with Crippen molar-refractivity contribution < 1.29 is 9.53 Å². The van der Waals surface area contributed by atoms with Gasteiger partial charge < -0.3 is 9.30 Å². The van der Waals surface area contributed by atoms with Gasteiger partial charge in [0.1, 0.15) is 0 Å². The van der Waals surface area contributed by atoms with Gasteiger partial charge in [-0.05, 0) is 24.3 Å². The van der Waals surface area contributed by atoms with Crippen LogP contribution in [0.2, 0.25) is 0 Å². The standard InChI is InChI=1S/C14H12BrNO3/c1-19-13-3-2-8-16(14(13)18)9-12(17)10-4-6-11(15)7-5-10/h2-8H,9H2,1H3. The van der Waals surface area contributed by atoms with Crippen LogP contribution >= 0.6 is 15.9 Å². The molecule has 0 N–H and O–H groups in total. The molecule has 5 heteroatoms. The van der Waals surface area contributed by atoms with Crippen LogP contribution in [-0.4, -0.2) is 17.5 Å². The topological polar surface area (TPSA) is 48.3 Å². The summed E-state index contributed by atoms with van der Waals surface area (Å²) in [6.07, 6.45) is 1.57. The molecule has 0 unspecified atom stereocenters. The van der Waals surface area contributed by atoms with Gasteiger partial charge in [0.25, 0.3) is 5.56 Å².